The van der Waals surface area contributed by atoms with Crippen LogP contribution in [-0.4, -0.2) is 20.4 Å². The number of rotatable bonds is 2. The number of nitrogens with two attached hydrogens (primary N) is 1. The van der Waals surface area contributed by atoms with Gasteiger partial charge >= 0.3 is 0 Å². The summed E-state index contributed by atoms with van der Waals surface area (Å²) in [6.45, 7) is 0. The van der Waals surface area contributed by atoms with E-state index in [1.165, 1.54) is 0 Å². The van der Waals surface area contributed by atoms with E-state index in [1.807, 2.05) is 30.3 Å². The van der Waals surface area contributed by atoms with E-state index < -0.39 is 0 Å². The third kappa shape index (κ3) is 1.80. The van der Waals surface area contributed by atoms with Gasteiger partial charge in [0, 0.05) is 10.7 Å². The van der Waals surface area contributed by atoms with Gasteiger partial charge in [-0.25, -0.2) is 0 Å². The maximum absolute atomic E-state index is 5.93. The summed E-state index contributed by atoms with van der Waals surface area (Å²) in [5, 5.41) is 13.8. The largest absolute Gasteiger partial charge is 0.382 e. The molecule has 0 aliphatic heterocycles. The lowest BCUT2D eigenvalue weighted by molar-refractivity contribution is 1.06. The molecular weight excluding hydrogens is 294 g/mol. The van der Waals surface area contributed by atoms with Crippen LogP contribution >= 0.6 is 15.9 Å². The predicted molar refractivity (Wildman–Crippen MR) is 73.7 cm³/mol. The zero-order valence-electron chi connectivity index (χ0n) is 9.31. The van der Waals surface area contributed by atoms with E-state index in [0.717, 1.165) is 27.0 Å². The topological polar surface area (TPSA) is 83.4 Å². The van der Waals surface area contributed by atoms with Gasteiger partial charge in [0.25, 0.3) is 0 Å². The molecule has 0 bridgehead atoms. The molecule has 6 heteroatoms. The molecule has 0 unspecified atom stereocenters. The van der Waals surface area contributed by atoms with E-state index >= 15 is 0 Å². The minimum atomic E-state index is 0.474. The van der Waals surface area contributed by atoms with Crippen LogP contribution in [0.25, 0.3) is 22.5 Å². The monoisotopic (exact) mass is 303 g/mol. The third-order valence-corrected chi connectivity index (χ3v) is 3.23. The second-order valence-corrected chi connectivity index (χ2v) is 4.75. The molecule has 0 amide bonds. The van der Waals surface area contributed by atoms with Crippen LogP contribution in [0.2, 0.25) is 0 Å². The molecule has 18 heavy (non-hydrogen) atoms. The summed E-state index contributed by atoms with van der Waals surface area (Å²) in [4.78, 5) is 0. The van der Waals surface area contributed by atoms with Crippen LogP contribution in [0, 0.1) is 0 Å². The third-order valence-electron chi connectivity index (χ3n) is 2.70. The molecule has 0 aliphatic carbocycles. The first-order chi connectivity index (χ1) is 8.75. The molecule has 0 fully saturated rings. The van der Waals surface area contributed by atoms with Gasteiger partial charge in [-0.2, -0.15) is 10.2 Å². The summed E-state index contributed by atoms with van der Waals surface area (Å²) in [7, 11) is 0. The number of aromatic nitrogens is 4. The van der Waals surface area contributed by atoms with E-state index in [-0.39, 0.29) is 0 Å². The zero-order valence-corrected chi connectivity index (χ0v) is 10.9. The summed E-state index contributed by atoms with van der Waals surface area (Å²) in [5.74, 6) is 0.474. The lowest BCUT2D eigenvalue weighted by atomic mass is 10.0. The maximum atomic E-state index is 5.93. The molecule has 1 aromatic carbocycles. The van der Waals surface area contributed by atoms with Crippen LogP contribution in [0.1, 0.15) is 0 Å². The van der Waals surface area contributed by atoms with Crippen molar-refractivity contribution >= 4 is 21.7 Å². The van der Waals surface area contributed by atoms with Gasteiger partial charge in [0.05, 0.1) is 17.0 Å². The SMILES string of the molecule is Nc1n[nH]c(-c2ccn[nH]2)c1-c1ccc(Br)cc1. The molecular formula is C12H10BrN5. The van der Waals surface area contributed by atoms with Gasteiger partial charge in [-0.1, -0.05) is 28.1 Å². The molecule has 0 spiro atoms. The molecule has 0 saturated carbocycles. The van der Waals surface area contributed by atoms with E-state index in [4.69, 9.17) is 5.73 Å². The Labute approximate surface area is 112 Å². The Balaban J connectivity index is 2.17. The van der Waals surface area contributed by atoms with Crippen molar-refractivity contribution in [3.05, 3.63) is 41.0 Å². The molecule has 0 atom stereocenters. The fraction of sp³-hybridized carbons (Fsp3) is 0. The van der Waals surface area contributed by atoms with Gasteiger partial charge in [0.15, 0.2) is 5.82 Å². The van der Waals surface area contributed by atoms with E-state index in [0.29, 0.717) is 5.82 Å². The number of nitrogen functional groups attached to an aromatic ring is 1. The van der Waals surface area contributed by atoms with Crippen LogP contribution in [0.15, 0.2) is 41.0 Å². The van der Waals surface area contributed by atoms with Crippen molar-refractivity contribution < 1.29 is 0 Å². The molecule has 90 valence electrons. The highest BCUT2D eigenvalue weighted by Crippen LogP contribution is 2.34. The Hall–Kier alpha value is -2.08. The van der Waals surface area contributed by atoms with Crippen molar-refractivity contribution in [2.75, 3.05) is 5.73 Å². The average Bonchev–Trinajstić information content (AvgIpc) is 2.99. The molecule has 0 aliphatic rings. The fourth-order valence-corrected chi connectivity index (χ4v) is 2.12. The molecule has 2 heterocycles. The normalized spacial score (nSPS) is 10.7. The molecule has 3 aromatic rings. The second-order valence-electron chi connectivity index (χ2n) is 3.84. The predicted octanol–water partition coefficient (Wildman–Crippen LogP) is 2.81. The Kier molecular flexibility index (Phi) is 2.64. The fourth-order valence-electron chi connectivity index (χ4n) is 1.85. The van der Waals surface area contributed by atoms with Gasteiger partial charge in [0.2, 0.25) is 0 Å². The summed E-state index contributed by atoms with van der Waals surface area (Å²) in [6.07, 6.45) is 1.69. The van der Waals surface area contributed by atoms with E-state index in [9.17, 15) is 0 Å². The number of benzene rings is 1. The van der Waals surface area contributed by atoms with Gasteiger partial charge in [-0.05, 0) is 23.8 Å². The van der Waals surface area contributed by atoms with Gasteiger partial charge in [-0.3, -0.25) is 10.2 Å². The van der Waals surface area contributed by atoms with Gasteiger partial charge in [0.1, 0.15) is 0 Å². The number of nitrogens with one attached hydrogen (secondary N) is 2. The maximum Gasteiger partial charge on any atom is 0.153 e. The standard InChI is InChI=1S/C12H10BrN5/c13-8-3-1-7(2-4-8)10-11(17-18-12(10)14)9-5-6-15-16-9/h1-6H,(H,15,16)(H3,14,17,18). The Bertz CT molecular complexity index is 654. The van der Waals surface area contributed by atoms with Gasteiger partial charge < -0.3 is 5.73 Å². The highest BCUT2D eigenvalue weighted by molar-refractivity contribution is 9.10. The zero-order chi connectivity index (χ0) is 12.5. The number of hydrogen-bond acceptors (Lipinski definition) is 3. The van der Waals surface area contributed by atoms with Gasteiger partial charge in [-0.15, -0.1) is 0 Å². The van der Waals surface area contributed by atoms with Crippen molar-refractivity contribution in [3.63, 3.8) is 0 Å². The van der Waals surface area contributed by atoms with Crippen LogP contribution in [0.4, 0.5) is 5.82 Å². The lowest BCUT2D eigenvalue weighted by Gasteiger charge is -2.03. The first kappa shape index (κ1) is 11.0. The summed E-state index contributed by atoms with van der Waals surface area (Å²) >= 11 is 3.41. The number of halogens is 1. The smallest absolute Gasteiger partial charge is 0.153 e. The minimum Gasteiger partial charge on any atom is -0.382 e. The van der Waals surface area contributed by atoms with Crippen molar-refractivity contribution in [2.45, 2.75) is 0 Å². The average molecular weight is 304 g/mol. The van der Waals surface area contributed by atoms with Crippen LogP contribution < -0.4 is 5.73 Å². The Morgan fingerprint density at radius 3 is 2.50 bits per heavy atom. The van der Waals surface area contributed by atoms with E-state index in [1.54, 1.807) is 6.20 Å². The molecule has 2 aromatic heterocycles. The molecule has 5 nitrogen and oxygen atoms in total. The van der Waals surface area contributed by atoms with Crippen LogP contribution in [0.5, 0.6) is 0 Å². The Morgan fingerprint density at radius 1 is 1.06 bits per heavy atom. The molecule has 0 saturated heterocycles. The number of H-pyrrole nitrogens is 2. The Morgan fingerprint density at radius 2 is 1.83 bits per heavy atom. The summed E-state index contributed by atoms with van der Waals surface area (Å²) in [6, 6.07) is 9.79. The highest BCUT2D eigenvalue weighted by Gasteiger charge is 2.15. The van der Waals surface area contributed by atoms with E-state index in [2.05, 4.69) is 36.3 Å². The molecule has 0 radical (unpaired) electrons. The molecule has 3 rings (SSSR count). The first-order valence-corrected chi connectivity index (χ1v) is 6.14. The summed E-state index contributed by atoms with van der Waals surface area (Å²) < 4.78 is 1.02. The number of nitrogens with zero attached hydrogens (tertiary/aromatic N) is 2. The first-order valence-electron chi connectivity index (χ1n) is 5.35. The van der Waals surface area contributed by atoms with Crippen molar-refractivity contribution in [1.29, 1.82) is 0 Å². The van der Waals surface area contributed by atoms with Crippen LogP contribution in [-0.2, 0) is 0 Å². The quantitative estimate of drug-likeness (QED) is 0.680. The lowest BCUT2D eigenvalue weighted by Crippen LogP contribution is -1.88. The second kappa shape index (κ2) is 4.30. The minimum absolute atomic E-state index is 0.474. The van der Waals surface area contributed by atoms with Crippen LogP contribution in [0.3, 0.4) is 0 Å². The van der Waals surface area contributed by atoms with Crippen molar-refractivity contribution in [3.8, 4) is 22.5 Å². The van der Waals surface area contributed by atoms with Crippen molar-refractivity contribution in [1.82, 2.24) is 20.4 Å². The number of anilines is 1. The highest BCUT2D eigenvalue weighted by atomic mass is 79.9. The number of aromatic amines is 2. The van der Waals surface area contributed by atoms with Crippen molar-refractivity contribution in [2.24, 2.45) is 0 Å². The summed E-state index contributed by atoms with van der Waals surface area (Å²) in [5.41, 5.74) is 9.52. The molecule has 4 N–H and O–H groups in total. The number of hydrogen-bond donors (Lipinski definition) is 3.